The molecule has 1 N–H and O–H groups in total. The number of rotatable bonds is 4. The highest BCUT2D eigenvalue weighted by Crippen LogP contribution is 2.76. The lowest BCUT2D eigenvalue weighted by Crippen LogP contribution is -2.75. The van der Waals surface area contributed by atoms with Crippen LogP contribution in [-0.4, -0.2) is 94.8 Å². The molecule has 7 fully saturated rings. The SMILES string of the molecule is CC(=O)O[C@H]1[C@H]2[C@H]([C@@H]3[C@H]4OC(=O)[C@@](C)(O)[C@@]5(C)C(=O)C[C@@H](C)[C@@H]([C@H]45)[C@@]3(C)[C@H]1OC(C)=O)[C@@H](OC(C)=O)C(=O)[C@H]1C[C@@H]3O[C@@H]3[C@H](OC(C)=O)[C@]21C. The number of aliphatic hydroxyl groups is 1. The molecule has 2 heterocycles. The summed E-state index contributed by atoms with van der Waals surface area (Å²) < 4.78 is 36.5. The summed E-state index contributed by atoms with van der Waals surface area (Å²) in [5.74, 6) is -10.3. The van der Waals surface area contributed by atoms with Gasteiger partial charge in [0.25, 0.3) is 0 Å². The molecule has 0 spiro atoms. The molecule has 0 unspecified atom stereocenters. The molecule has 7 aliphatic rings. The predicted octanol–water partition coefficient (Wildman–Crippen LogP) is 1.50. The van der Waals surface area contributed by atoms with Crippen LogP contribution in [0.5, 0.6) is 0 Å². The second-order valence-corrected chi connectivity index (χ2v) is 16.7. The Morgan fingerprint density at radius 3 is 1.90 bits per heavy atom. The normalized spacial score (nSPS) is 52.5. The van der Waals surface area contributed by atoms with Gasteiger partial charge in [-0.2, -0.15) is 0 Å². The minimum atomic E-state index is -2.23. The van der Waals surface area contributed by atoms with Gasteiger partial charge in [0.2, 0.25) is 0 Å². The highest BCUT2D eigenvalue weighted by atomic mass is 16.6. The van der Waals surface area contributed by atoms with Gasteiger partial charge in [-0.15, -0.1) is 0 Å². The summed E-state index contributed by atoms with van der Waals surface area (Å²) in [4.78, 5) is 94.6. The number of hydrogen-bond acceptors (Lipinski definition) is 14. The maximum absolute atomic E-state index is 14.9. The Morgan fingerprint density at radius 1 is 0.740 bits per heavy atom. The molecular formula is C36H46O14. The number of hydrogen-bond donors (Lipinski definition) is 1. The van der Waals surface area contributed by atoms with E-state index >= 15 is 0 Å². The van der Waals surface area contributed by atoms with Gasteiger partial charge in [-0.05, 0) is 32.1 Å². The zero-order chi connectivity index (χ0) is 36.8. The Morgan fingerprint density at radius 2 is 1.32 bits per heavy atom. The van der Waals surface area contributed by atoms with Crippen LogP contribution in [0.3, 0.4) is 0 Å². The van der Waals surface area contributed by atoms with E-state index in [1.54, 1.807) is 13.8 Å². The number of esters is 5. The van der Waals surface area contributed by atoms with E-state index in [9.17, 15) is 38.7 Å². The lowest BCUT2D eigenvalue weighted by Gasteiger charge is -2.65. The van der Waals surface area contributed by atoms with Crippen LogP contribution < -0.4 is 0 Å². The van der Waals surface area contributed by atoms with Crippen LogP contribution in [0.2, 0.25) is 0 Å². The van der Waals surface area contributed by atoms with Gasteiger partial charge in [0.15, 0.2) is 17.5 Å². The number of ether oxygens (including phenoxy) is 6. The predicted molar refractivity (Wildman–Crippen MR) is 165 cm³/mol. The van der Waals surface area contributed by atoms with Crippen molar-refractivity contribution < 1.29 is 67.1 Å². The van der Waals surface area contributed by atoms with E-state index in [-0.39, 0.29) is 18.6 Å². The Hall–Kier alpha value is -3.39. The van der Waals surface area contributed by atoms with Gasteiger partial charge < -0.3 is 33.5 Å². The molecule has 14 nitrogen and oxygen atoms in total. The van der Waals surface area contributed by atoms with Crippen molar-refractivity contribution in [2.24, 2.45) is 57.7 Å². The number of carbonyl (C=O) groups excluding carboxylic acids is 7. The van der Waals surface area contributed by atoms with E-state index in [1.807, 2.05) is 13.8 Å². The van der Waals surface area contributed by atoms with Crippen molar-refractivity contribution in [2.75, 3.05) is 0 Å². The number of epoxide rings is 1. The van der Waals surface area contributed by atoms with Crippen LogP contribution in [-0.2, 0) is 62.0 Å². The maximum Gasteiger partial charge on any atom is 0.339 e. The lowest BCUT2D eigenvalue weighted by molar-refractivity contribution is -0.275. The van der Waals surface area contributed by atoms with Crippen LogP contribution in [0.1, 0.15) is 75.2 Å². The number of Topliss-reactive ketones (excluding diaryl/α,β-unsaturated/α-hetero) is 2. The average Bonchev–Trinajstić information content (AvgIpc) is 3.71. The first kappa shape index (κ1) is 35.0. The summed E-state index contributed by atoms with van der Waals surface area (Å²) in [6.07, 6.45) is -6.87. The topological polar surface area (TPSA) is 198 Å². The van der Waals surface area contributed by atoms with E-state index in [1.165, 1.54) is 34.6 Å². The standard InChI is InChI=1S/C36H46O14/c1-12-10-19(41)35(8)24-21(12)34(7)22(28(24)50-32(43)36(35,9)44)20-23(29(46-14(3)38)31(34)48-16(5)40)33(6)17(25(42)27(20)45-13(2)37)11-18-26(49-18)30(33)47-15(4)39/h12,17-18,20-24,26-31,44H,10-11H2,1-9H3/t12-,17-,18+,20+,21+,22-,23-,24-,26+,27-,28-,29+,30+,31+,33+,34-,35+,36-/m1/s1. The van der Waals surface area contributed by atoms with Crippen molar-refractivity contribution in [1.82, 2.24) is 0 Å². The zero-order valence-corrected chi connectivity index (χ0v) is 29.8. The van der Waals surface area contributed by atoms with E-state index in [0.717, 1.165) is 0 Å². The van der Waals surface area contributed by atoms with Crippen molar-refractivity contribution >= 4 is 41.4 Å². The molecule has 7 rings (SSSR count). The molecule has 0 aromatic rings. The molecule has 0 bridgehead atoms. The minimum absolute atomic E-state index is 0.0176. The molecule has 5 aliphatic carbocycles. The van der Waals surface area contributed by atoms with Crippen LogP contribution in [0.4, 0.5) is 0 Å². The first-order valence-electron chi connectivity index (χ1n) is 17.5. The smallest absolute Gasteiger partial charge is 0.339 e. The Kier molecular flexibility index (Phi) is 7.58. The summed E-state index contributed by atoms with van der Waals surface area (Å²) >= 11 is 0. The van der Waals surface area contributed by atoms with Crippen LogP contribution in [0.15, 0.2) is 0 Å². The summed E-state index contributed by atoms with van der Waals surface area (Å²) in [5, 5.41) is 11.8. The van der Waals surface area contributed by atoms with E-state index in [4.69, 9.17) is 28.4 Å². The van der Waals surface area contributed by atoms with E-state index in [2.05, 4.69) is 0 Å². The fraction of sp³-hybridized carbons (Fsp3) is 0.806. The Labute approximate surface area is 289 Å². The van der Waals surface area contributed by atoms with Gasteiger partial charge in [-0.1, -0.05) is 20.8 Å². The summed E-state index contributed by atoms with van der Waals surface area (Å²) in [5.41, 5.74) is -6.49. The van der Waals surface area contributed by atoms with Gasteiger partial charge in [0, 0.05) is 74.5 Å². The summed E-state index contributed by atoms with van der Waals surface area (Å²) in [6, 6.07) is 0. The van der Waals surface area contributed by atoms with Crippen molar-refractivity contribution in [1.29, 1.82) is 0 Å². The van der Waals surface area contributed by atoms with Crippen molar-refractivity contribution in [3.63, 3.8) is 0 Å². The van der Waals surface area contributed by atoms with Crippen molar-refractivity contribution in [3.8, 4) is 0 Å². The van der Waals surface area contributed by atoms with Gasteiger partial charge in [0.1, 0.15) is 36.3 Å². The Balaban J connectivity index is 1.55. The number of ketones is 2. The average molecular weight is 703 g/mol. The van der Waals surface area contributed by atoms with Crippen LogP contribution in [0.25, 0.3) is 0 Å². The fourth-order valence-electron chi connectivity index (χ4n) is 12.5. The molecule has 50 heavy (non-hydrogen) atoms. The molecule has 2 saturated heterocycles. The summed E-state index contributed by atoms with van der Waals surface area (Å²) in [7, 11) is 0. The quantitative estimate of drug-likeness (QED) is 0.251. The van der Waals surface area contributed by atoms with E-state index in [0.29, 0.717) is 0 Å². The molecule has 274 valence electrons. The highest BCUT2D eigenvalue weighted by molar-refractivity contribution is 5.96. The minimum Gasteiger partial charge on any atom is -0.460 e. The van der Waals surface area contributed by atoms with Crippen molar-refractivity contribution in [3.05, 3.63) is 0 Å². The second kappa shape index (κ2) is 10.8. The highest BCUT2D eigenvalue weighted by Gasteiger charge is 2.85. The summed E-state index contributed by atoms with van der Waals surface area (Å²) in [6.45, 7) is 13.1. The van der Waals surface area contributed by atoms with Gasteiger partial charge in [0.05, 0.1) is 11.5 Å². The molecule has 5 saturated carbocycles. The van der Waals surface area contributed by atoms with Crippen molar-refractivity contribution in [2.45, 2.75) is 123 Å². The fourth-order valence-corrected chi connectivity index (χ4v) is 12.5. The van der Waals surface area contributed by atoms with Gasteiger partial charge in [-0.3, -0.25) is 28.8 Å². The first-order chi connectivity index (χ1) is 23.1. The second-order valence-electron chi connectivity index (χ2n) is 16.7. The lowest BCUT2D eigenvalue weighted by atomic mass is 9.41. The largest absolute Gasteiger partial charge is 0.460 e. The maximum atomic E-state index is 14.9. The third-order valence-corrected chi connectivity index (χ3v) is 14.3. The molecule has 0 amide bonds. The van der Waals surface area contributed by atoms with Gasteiger partial charge in [-0.25, -0.2) is 4.79 Å². The number of carbonyl (C=O) groups is 7. The Bertz CT molecular complexity index is 1600. The molecule has 2 aliphatic heterocycles. The van der Waals surface area contributed by atoms with Crippen LogP contribution in [0, 0.1) is 57.7 Å². The molecule has 14 heteroatoms. The zero-order valence-electron chi connectivity index (χ0n) is 29.8. The third kappa shape index (κ3) is 4.23. The van der Waals surface area contributed by atoms with E-state index < -0.39 is 142 Å². The number of fused-ring (bicyclic) bond motifs is 8. The monoisotopic (exact) mass is 702 g/mol. The van der Waals surface area contributed by atoms with Gasteiger partial charge >= 0.3 is 29.8 Å². The molecule has 0 aromatic carbocycles. The molecule has 0 aromatic heterocycles. The molecular weight excluding hydrogens is 656 g/mol. The molecule has 18 atom stereocenters. The van der Waals surface area contributed by atoms with Crippen LogP contribution >= 0.6 is 0 Å². The third-order valence-electron chi connectivity index (χ3n) is 14.3. The first-order valence-corrected chi connectivity index (χ1v) is 17.5. The molecule has 0 radical (unpaired) electrons.